The second kappa shape index (κ2) is 12.7. The van der Waals surface area contributed by atoms with Crippen molar-refractivity contribution < 1.29 is 22.8 Å². The summed E-state index contributed by atoms with van der Waals surface area (Å²) in [6.07, 6.45) is 2.11. The van der Waals surface area contributed by atoms with E-state index >= 15 is 0 Å². The van der Waals surface area contributed by atoms with E-state index in [4.69, 9.17) is 0 Å². The Labute approximate surface area is 214 Å². The number of hydrogen-bond donors (Lipinski definition) is 1. The standard InChI is InChI=1S/C27H37N3O5S/c1-7-20(4)28-27(33)25(8-2)29(17-22-14-12-19(3)13-15-22)26(32)18-30(36(6,34)35)24-11-9-10-23(16-24)21(5)31/h9-16,20,25H,7-8,17-18H2,1-6H3,(H,28,33)/t20-,25-/m0/s1. The van der Waals surface area contributed by atoms with Crippen LogP contribution in [0.15, 0.2) is 48.5 Å². The molecule has 2 rings (SSSR count). The van der Waals surface area contributed by atoms with Crippen molar-refractivity contribution in [2.24, 2.45) is 0 Å². The minimum Gasteiger partial charge on any atom is -0.352 e. The maximum absolute atomic E-state index is 13.7. The van der Waals surface area contributed by atoms with E-state index in [1.165, 1.54) is 24.0 Å². The van der Waals surface area contributed by atoms with Crippen LogP contribution < -0.4 is 9.62 Å². The Morgan fingerprint density at radius 3 is 2.17 bits per heavy atom. The van der Waals surface area contributed by atoms with Crippen LogP contribution in [0.3, 0.4) is 0 Å². The highest BCUT2D eigenvalue weighted by Crippen LogP contribution is 2.21. The van der Waals surface area contributed by atoms with Crippen molar-refractivity contribution in [2.45, 2.75) is 66.1 Å². The molecule has 0 bridgehead atoms. The summed E-state index contributed by atoms with van der Waals surface area (Å²) >= 11 is 0. The zero-order valence-corrected chi connectivity index (χ0v) is 22.8. The number of amides is 2. The molecule has 36 heavy (non-hydrogen) atoms. The topological polar surface area (TPSA) is 104 Å². The molecule has 9 heteroatoms. The van der Waals surface area contributed by atoms with Gasteiger partial charge in [-0.3, -0.25) is 18.7 Å². The van der Waals surface area contributed by atoms with Gasteiger partial charge in [0.25, 0.3) is 0 Å². The number of carbonyl (C=O) groups is 3. The van der Waals surface area contributed by atoms with Crippen molar-refractivity contribution in [2.75, 3.05) is 17.1 Å². The Hall–Kier alpha value is -3.20. The Balaban J connectivity index is 2.47. The zero-order chi connectivity index (χ0) is 27.0. The summed E-state index contributed by atoms with van der Waals surface area (Å²) in [6.45, 7) is 8.67. The Bertz CT molecular complexity index is 1180. The highest BCUT2D eigenvalue weighted by atomic mass is 32.2. The fourth-order valence-corrected chi connectivity index (χ4v) is 4.59. The SMILES string of the molecule is CC[C@H](C)NC(=O)[C@H](CC)N(Cc1ccc(C)cc1)C(=O)CN(c1cccc(C(C)=O)c1)S(C)(=O)=O. The Morgan fingerprint density at radius 1 is 1.00 bits per heavy atom. The first-order valence-electron chi connectivity index (χ1n) is 12.1. The molecule has 2 atom stereocenters. The summed E-state index contributed by atoms with van der Waals surface area (Å²) in [7, 11) is -3.87. The third-order valence-corrected chi connectivity index (χ3v) is 7.22. The van der Waals surface area contributed by atoms with Crippen molar-refractivity contribution >= 4 is 33.3 Å². The number of nitrogens with zero attached hydrogens (tertiary/aromatic N) is 2. The van der Waals surface area contributed by atoms with E-state index in [-0.39, 0.29) is 30.0 Å². The van der Waals surface area contributed by atoms with Crippen molar-refractivity contribution in [3.8, 4) is 0 Å². The van der Waals surface area contributed by atoms with Crippen LogP contribution in [-0.2, 0) is 26.2 Å². The number of rotatable bonds is 12. The lowest BCUT2D eigenvalue weighted by molar-refractivity contribution is -0.140. The van der Waals surface area contributed by atoms with Crippen molar-refractivity contribution in [3.05, 3.63) is 65.2 Å². The molecule has 0 radical (unpaired) electrons. The quantitative estimate of drug-likeness (QED) is 0.434. The molecule has 2 amide bonds. The lowest BCUT2D eigenvalue weighted by atomic mass is 10.1. The van der Waals surface area contributed by atoms with Gasteiger partial charge < -0.3 is 10.2 Å². The van der Waals surface area contributed by atoms with Gasteiger partial charge in [-0.2, -0.15) is 0 Å². The number of hydrogen-bond acceptors (Lipinski definition) is 5. The van der Waals surface area contributed by atoms with Crippen LogP contribution in [0, 0.1) is 6.92 Å². The van der Waals surface area contributed by atoms with Crippen molar-refractivity contribution in [1.82, 2.24) is 10.2 Å². The first kappa shape index (κ1) is 29.0. The minimum absolute atomic E-state index is 0.0651. The van der Waals surface area contributed by atoms with Crippen LogP contribution in [-0.4, -0.2) is 55.8 Å². The second-order valence-corrected chi connectivity index (χ2v) is 11.0. The molecule has 0 saturated carbocycles. The largest absolute Gasteiger partial charge is 0.352 e. The van der Waals surface area contributed by atoms with Gasteiger partial charge in [0.15, 0.2) is 5.78 Å². The number of nitrogens with one attached hydrogen (secondary N) is 1. The maximum atomic E-state index is 13.7. The molecule has 0 unspecified atom stereocenters. The smallest absolute Gasteiger partial charge is 0.244 e. The first-order valence-corrected chi connectivity index (χ1v) is 14.0. The second-order valence-electron chi connectivity index (χ2n) is 9.13. The summed E-state index contributed by atoms with van der Waals surface area (Å²) < 4.78 is 26.4. The number of benzene rings is 2. The number of Topliss-reactive ketones (excluding diaryl/α,β-unsaturated/α-hetero) is 1. The molecule has 0 aliphatic carbocycles. The molecule has 0 fully saturated rings. The third-order valence-electron chi connectivity index (χ3n) is 6.08. The molecule has 2 aromatic rings. The summed E-state index contributed by atoms with van der Waals surface area (Å²) in [5, 5.41) is 2.94. The molecular weight excluding hydrogens is 478 g/mol. The number of carbonyl (C=O) groups excluding carboxylic acids is 3. The fraction of sp³-hybridized carbons (Fsp3) is 0.444. The van der Waals surface area contributed by atoms with E-state index in [2.05, 4.69) is 5.32 Å². The summed E-state index contributed by atoms with van der Waals surface area (Å²) in [6, 6.07) is 12.9. The number of ketones is 1. The highest BCUT2D eigenvalue weighted by Gasteiger charge is 2.32. The minimum atomic E-state index is -3.87. The molecule has 0 spiro atoms. The van der Waals surface area contributed by atoms with E-state index in [1.54, 1.807) is 12.1 Å². The summed E-state index contributed by atoms with van der Waals surface area (Å²) in [4.78, 5) is 40.1. The predicted molar refractivity (Wildman–Crippen MR) is 142 cm³/mol. The van der Waals surface area contributed by atoms with Crippen LogP contribution in [0.25, 0.3) is 0 Å². The van der Waals surface area contributed by atoms with Gasteiger partial charge in [-0.1, -0.05) is 55.8 Å². The van der Waals surface area contributed by atoms with E-state index < -0.39 is 28.5 Å². The fourth-order valence-electron chi connectivity index (χ4n) is 3.74. The maximum Gasteiger partial charge on any atom is 0.244 e. The number of sulfonamides is 1. The van der Waals surface area contributed by atoms with Crippen LogP contribution in [0.1, 0.15) is 62.0 Å². The molecule has 196 valence electrons. The van der Waals surface area contributed by atoms with Gasteiger partial charge in [-0.15, -0.1) is 0 Å². The van der Waals surface area contributed by atoms with Gasteiger partial charge in [-0.25, -0.2) is 8.42 Å². The molecule has 2 aromatic carbocycles. The Morgan fingerprint density at radius 2 is 1.64 bits per heavy atom. The van der Waals surface area contributed by atoms with Crippen LogP contribution >= 0.6 is 0 Å². The van der Waals surface area contributed by atoms with E-state index in [0.29, 0.717) is 12.0 Å². The van der Waals surface area contributed by atoms with Crippen LogP contribution in [0.4, 0.5) is 5.69 Å². The van der Waals surface area contributed by atoms with Gasteiger partial charge in [0.05, 0.1) is 11.9 Å². The van der Waals surface area contributed by atoms with Gasteiger partial charge in [-0.05, 0) is 51.3 Å². The molecule has 0 saturated heterocycles. The monoisotopic (exact) mass is 515 g/mol. The van der Waals surface area contributed by atoms with E-state index in [9.17, 15) is 22.8 Å². The van der Waals surface area contributed by atoms with E-state index in [0.717, 1.165) is 28.1 Å². The molecule has 0 aliphatic rings. The highest BCUT2D eigenvalue weighted by molar-refractivity contribution is 7.92. The lowest BCUT2D eigenvalue weighted by Gasteiger charge is -2.33. The van der Waals surface area contributed by atoms with Gasteiger partial charge in [0, 0.05) is 18.2 Å². The molecule has 0 aliphatic heterocycles. The lowest BCUT2D eigenvalue weighted by Crippen LogP contribution is -2.53. The number of aryl methyl sites for hydroxylation is 1. The van der Waals surface area contributed by atoms with Crippen molar-refractivity contribution in [3.63, 3.8) is 0 Å². The first-order chi connectivity index (χ1) is 16.9. The zero-order valence-electron chi connectivity index (χ0n) is 21.9. The molecule has 1 N–H and O–H groups in total. The summed E-state index contributed by atoms with van der Waals surface area (Å²) in [5.74, 6) is -1.01. The molecular formula is C27H37N3O5S. The normalized spacial score (nSPS) is 12.9. The molecule has 0 aromatic heterocycles. The van der Waals surface area contributed by atoms with Crippen molar-refractivity contribution in [1.29, 1.82) is 0 Å². The number of anilines is 1. The summed E-state index contributed by atoms with van der Waals surface area (Å²) in [5.41, 5.74) is 2.44. The average Bonchev–Trinajstić information content (AvgIpc) is 2.82. The van der Waals surface area contributed by atoms with Crippen LogP contribution in [0.5, 0.6) is 0 Å². The van der Waals surface area contributed by atoms with Gasteiger partial charge in [0.2, 0.25) is 21.8 Å². The van der Waals surface area contributed by atoms with E-state index in [1.807, 2.05) is 52.0 Å². The average molecular weight is 516 g/mol. The van der Waals surface area contributed by atoms with Crippen LogP contribution in [0.2, 0.25) is 0 Å². The van der Waals surface area contributed by atoms with Gasteiger partial charge >= 0.3 is 0 Å². The molecule has 8 nitrogen and oxygen atoms in total. The van der Waals surface area contributed by atoms with Gasteiger partial charge in [0.1, 0.15) is 12.6 Å². The third kappa shape index (κ3) is 7.91. The Kier molecular flexibility index (Phi) is 10.2. The molecule has 0 heterocycles. The predicted octanol–water partition coefficient (Wildman–Crippen LogP) is 3.69.